The van der Waals surface area contributed by atoms with E-state index >= 15 is 0 Å². The predicted octanol–water partition coefficient (Wildman–Crippen LogP) is 2.17. The zero-order valence-corrected chi connectivity index (χ0v) is 17.0. The van der Waals surface area contributed by atoms with Gasteiger partial charge in [0.25, 0.3) is 5.56 Å². The van der Waals surface area contributed by atoms with Crippen molar-refractivity contribution in [2.75, 3.05) is 6.61 Å². The molecule has 4 rings (SSSR count). The van der Waals surface area contributed by atoms with Crippen molar-refractivity contribution in [3.8, 4) is 0 Å². The van der Waals surface area contributed by atoms with Crippen molar-refractivity contribution in [1.82, 2.24) is 9.55 Å². The molecule has 3 heterocycles. The summed E-state index contributed by atoms with van der Waals surface area (Å²) in [6, 6.07) is 9.27. The van der Waals surface area contributed by atoms with E-state index in [4.69, 9.17) is 18.3 Å². The monoisotopic (exact) mass is 506 g/mol. The minimum atomic E-state index is -3.72. The van der Waals surface area contributed by atoms with Gasteiger partial charge in [0.1, 0.15) is 18.4 Å². The van der Waals surface area contributed by atoms with Crippen molar-refractivity contribution < 1.29 is 22.9 Å². The van der Waals surface area contributed by atoms with Gasteiger partial charge in [0.15, 0.2) is 0 Å². The quantitative estimate of drug-likeness (QED) is 0.500. The second-order valence-electron chi connectivity index (χ2n) is 6.15. The number of phosphoric ester groups is 1. The summed E-state index contributed by atoms with van der Waals surface area (Å²) in [5.41, 5.74) is -0.184. The van der Waals surface area contributed by atoms with Gasteiger partial charge in [-0.25, -0.2) is 9.36 Å². The zero-order chi connectivity index (χ0) is 19.0. The fourth-order valence-corrected chi connectivity index (χ4v) is 4.78. The van der Waals surface area contributed by atoms with Gasteiger partial charge in [0.2, 0.25) is 0 Å². The van der Waals surface area contributed by atoms with E-state index in [0.717, 1.165) is 5.56 Å². The molecule has 0 bridgehead atoms. The van der Waals surface area contributed by atoms with Crippen LogP contribution in [0.4, 0.5) is 0 Å². The van der Waals surface area contributed by atoms with Gasteiger partial charge >= 0.3 is 13.5 Å². The fraction of sp³-hybridized carbons (Fsp3) is 0.375. The average molecular weight is 506 g/mol. The van der Waals surface area contributed by atoms with Crippen molar-refractivity contribution in [3.63, 3.8) is 0 Å². The summed E-state index contributed by atoms with van der Waals surface area (Å²) >= 11 is 1.84. The van der Waals surface area contributed by atoms with Gasteiger partial charge in [-0.2, -0.15) is 0 Å². The molecule has 2 fully saturated rings. The van der Waals surface area contributed by atoms with Crippen LogP contribution in [0.25, 0.3) is 0 Å². The van der Waals surface area contributed by atoms with Crippen LogP contribution in [-0.2, 0) is 29.5 Å². The first-order valence-corrected chi connectivity index (χ1v) is 10.8. The van der Waals surface area contributed by atoms with Gasteiger partial charge in [-0.1, -0.05) is 30.3 Å². The Morgan fingerprint density at radius 3 is 2.81 bits per heavy atom. The number of aromatic amines is 1. The maximum atomic E-state index is 12.7. The SMILES string of the molecule is O=c1[nH]c(=O)n([C@H]2CC3OP(=O)(OCc4ccccc4)OCC3O2)cc1I. The van der Waals surface area contributed by atoms with Gasteiger partial charge in [-0.05, 0) is 28.2 Å². The third-order valence-electron chi connectivity index (χ3n) is 4.31. The van der Waals surface area contributed by atoms with Crippen LogP contribution in [0, 0.1) is 3.57 Å². The molecule has 1 aromatic heterocycles. The molecule has 11 heteroatoms. The highest BCUT2D eigenvalue weighted by Crippen LogP contribution is 2.57. The van der Waals surface area contributed by atoms with Gasteiger partial charge in [0, 0.05) is 12.6 Å². The summed E-state index contributed by atoms with van der Waals surface area (Å²) in [4.78, 5) is 25.8. The number of halogens is 1. The molecule has 0 amide bonds. The number of phosphoric acid groups is 1. The smallest absolute Gasteiger partial charge is 0.349 e. The molecular formula is C16H16IN2O7P. The van der Waals surface area contributed by atoms with Crippen LogP contribution >= 0.6 is 30.4 Å². The highest BCUT2D eigenvalue weighted by molar-refractivity contribution is 14.1. The van der Waals surface area contributed by atoms with E-state index in [1.165, 1.54) is 10.8 Å². The topological polar surface area (TPSA) is 109 Å². The fourth-order valence-electron chi connectivity index (χ4n) is 2.96. The van der Waals surface area contributed by atoms with Crippen LogP contribution in [0.2, 0.25) is 0 Å². The first kappa shape index (κ1) is 19.0. The van der Waals surface area contributed by atoms with Gasteiger partial charge in [0.05, 0.1) is 16.8 Å². The molecule has 4 atom stereocenters. The van der Waals surface area contributed by atoms with Crippen LogP contribution in [0.3, 0.4) is 0 Å². The molecule has 2 saturated heterocycles. The number of benzene rings is 1. The van der Waals surface area contributed by atoms with Gasteiger partial charge in [-0.3, -0.25) is 27.9 Å². The summed E-state index contributed by atoms with van der Waals surface area (Å²) in [5.74, 6) is 0. The standard InChI is InChI=1S/C16H16IN2O7P/c17-11-7-19(16(21)18-15(11)20)14-6-12-13(25-14)9-24-27(22,26-12)23-8-10-4-2-1-3-5-10/h1-5,7,12-14H,6,8-9H2,(H,18,20,21)/t12?,13?,14-,27?/m1/s1. The Hall–Kier alpha value is -1.30. The van der Waals surface area contributed by atoms with E-state index in [9.17, 15) is 14.2 Å². The number of hydrogen-bond acceptors (Lipinski definition) is 7. The van der Waals surface area contributed by atoms with Crippen molar-refractivity contribution in [1.29, 1.82) is 0 Å². The Labute approximate surface area is 167 Å². The third-order valence-corrected chi connectivity index (χ3v) is 6.52. The first-order chi connectivity index (χ1) is 12.9. The van der Waals surface area contributed by atoms with E-state index in [1.54, 1.807) is 0 Å². The van der Waals surface area contributed by atoms with E-state index in [0.29, 0.717) is 3.57 Å². The molecule has 1 N–H and O–H groups in total. The number of ether oxygens (including phenoxy) is 1. The lowest BCUT2D eigenvalue weighted by Crippen LogP contribution is -2.34. The van der Waals surface area contributed by atoms with Crippen LogP contribution in [-0.4, -0.2) is 28.4 Å². The lowest BCUT2D eigenvalue weighted by atomic mass is 10.2. The molecule has 2 aromatic rings. The highest BCUT2D eigenvalue weighted by atomic mass is 127. The van der Waals surface area contributed by atoms with Crippen LogP contribution in [0.15, 0.2) is 46.1 Å². The molecule has 144 valence electrons. The summed E-state index contributed by atoms with van der Waals surface area (Å²) in [6.07, 6.45) is 0.0445. The maximum Gasteiger partial charge on any atom is 0.475 e. The largest absolute Gasteiger partial charge is 0.475 e. The van der Waals surface area contributed by atoms with Crippen LogP contribution < -0.4 is 11.2 Å². The molecule has 3 unspecified atom stereocenters. The summed E-state index contributed by atoms with van der Waals surface area (Å²) in [7, 11) is -3.72. The van der Waals surface area contributed by atoms with Gasteiger partial charge in [-0.15, -0.1) is 0 Å². The minimum Gasteiger partial charge on any atom is -0.349 e. The van der Waals surface area contributed by atoms with Crippen molar-refractivity contribution in [2.24, 2.45) is 0 Å². The molecule has 2 aliphatic rings. The predicted molar refractivity (Wildman–Crippen MR) is 102 cm³/mol. The molecule has 0 aliphatic carbocycles. The number of aromatic nitrogens is 2. The average Bonchev–Trinajstić information content (AvgIpc) is 3.06. The Morgan fingerprint density at radius 2 is 2.04 bits per heavy atom. The van der Waals surface area contributed by atoms with E-state index in [-0.39, 0.29) is 19.6 Å². The number of H-pyrrole nitrogens is 1. The number of fused-ring (bicyclic) bond motifs is 1. The van der Waals surface area contributed by atoms with Gasteiger partial charge < -0.3 is 4.74 Å². The van der Waals surface area contributed by atoms with E-state index in [1.807, 2.05) is 52.9 Å². The van der Waals surface area contributed by atoms with E-state index in [2.05, 4.69) is 4.98 Å². The number of nitrogens with one attached hydrogen (secondary N) is 1. The number of hydrogen-bond donors (Lipinski definition) is 1. The minimum absolute atomic E-state index is 0.0302. The Bertz CT molecular complexity index is 992. The number of nitrogens with zero attached hydrogens (tertiary/aromatic N) is 1. The maximum absolute atomic E-state index is 12.7. The zero-order valence-electron chi connectivity index (χ0n) is 13.9. The van der Waals surface area contributed by atoms with Crippen LogP contribution in [0.1, 0.15) is 18.2 Å². The van der Waals surface area contributed by atoms with Crippen LogP contribution in [0.5, 0.6) is 0 Å². The second-order valence-corrected chi connectivity index (χ2v) is 8.94. The third kappa shape index (κ3) is 4.10. The molecule has 1 aromatic carbocycles. The summed E-state index contributed by atoms with van der Waals surface area (Å²) in [6.45, 7) is 0.125. The molecular weight excluding hydrogens is 490 g/mol. The van der Waals surface area contributed by atoms with E-state index < -0.39 is 37.5 Å². The first-order valence-electron chi connectivity index (χ1n) is 8.21. The lowest BCUT2D eigenvalue weighted by molar-refractivity contribution is -0.0730. The molecule has 2 aliphatic heterocycles. The van der Waals surface area contributed by atoms with Crippen molar-refractivity contribution in [3.05, 3.63) is 66.5 Å². The summed E-state index contributed by atoms with van der Waals surface area (Å²) < 4.78 is 36.4. The Morgan fingerprint density at radius 1 is 1.26 bits per heavy atom. The molecule has 0 radical (unpaired) electrons. The Balaban J connectivity index is 1.45. The summed E-state index contributed by atoms with van der Waals surface area (Å²) in [5, 5.41) is 0. The Kier molecular flexibility index (Phi) is 5.36. The normalized spacial score (nSPS) is 30.2. The van der Waals surface area contributed by atoms with Crippen molar-refractivity contribution >= 4 is 30.4 Å². The molecule has 0 spiro atoms. The molecule has 9 nitrogen and oxygen atoms in total. The number of rotatable bonds is 4. The van der Waals surface area contributed by atoms with Crippen molar-refractivity contribution in [2.45, 2.75) is 31.5 Å². The lowest BCUT2D eigenvalue weighted by Gasteiger charge is -2.29. The molecule has 27 heavy (non-hydrogen) atoms. The highest BCUT2D eigenvalue weighted by Gasteiger charge is 2.48. The molecule has 0 saturated carbocycles. The second kappa shape index (κ2) is 7.61.